The van der Waals surface area contributed by atoms with E-state index in [9.17, 15) is 4.79 Å². The van der Waals surface area contributed by atoms with Crippen LogP contribution in [0.3, 0.4) is 0 Å². The fraction of sp³-hybridized carbons (Fsp3) is 0.235. The van der Waals surface area contributed by atoms with Crippen molar-refractivity contribution in [3.63, 3.8) is 0 Å². The molecule has 0 fully saturated rings. The molecule has 0 saturated heterocycles. The maximum Gasteiger partial charge on any atom is 0.258 e. The van der Waals surface area contributed by atoms with E-state index in [0.717, 1.165) is 22.4 Å². The summed E-state index contributed by atoms with van der Waals surface area (Å²) in [5, 5.41) is 3.87. The zero-order chi connectivity index (χ0) is 16.1. The van der Waals surface area contributed by atoms with E-state index in [-0.39, 0.29) is 12.5 Å². The van der Waals surface area contributed by atoms with Gasteiger partial charge in [0.25, 0.3) is 5.91 Å². The molecular weight excluding hydrogens is 321 g/mol. The molecule has 0 bridgehead atoms. The number of hydrogen-bond donors (Lipinski definition) is 1. The van der Waals surface area contributed by atoms with E-state index < -0.39 is 0 Å². The molecule has 116 valence electrons. The molecule has 1 amide bonds. The Balaban J connectivity index is 1.87. The second-order valence-corrected chi connectivity index (χ2v) is 5.84. The fourth-order valence-corrected chi connectivity index (χ4v) is 2.41. The normalized spacial score (nSPS) is 10.4. The van der Waals surface area contributed by atoms with E-state index in [0.29, 0.717) is 16.6 Å². The number of nitrogens with one attached hydrogen (secondary N) is 1. The molecule has 2 aromatic rings. The third-order valence-corrected chi connectivity index (χ3v) is 3.99. The highest BCUT2D eigenvalue weighted by atomic mass is 35.5. The van der Waals surface area contributed by atoms with Crippen LogP contribution in [0.15, 0.2) is 36.4 Å². The molecule has 1 N–H and O–H groups in total. The van der Waals surface area contributed by atoms with Gasteiger partial charge in [-0.05, 0) is 48.7 Å². The first-order valence-electron chi connectivity index (χ1n) is 6.87. The van der Waals surface area contributed by atoms with Gasteiger partial charge < -0.3 is 10.1 Å². The number of hydrogen-bond acceptors (Lipinski definition) is 2. The van der Waals surface area contributed by atoms with E-state index in [1.807, 2.05) is 32.0 Å². The molecule has 5 heteroatoms. The van der Waals surface area contributed by atoms with Gasteiger partial charge in [-0.2, -0.15) is 0 Å². The molecule has 0 aromatic heterocycles. The van der Waals surface area contributed by atoms with Crippen molar-refractivity contribution in [2.45, 2.75) is 20.4 Å². The number of halogens is 2. The zero-order valence-corrected chi connectivity index (χ0v) is 14.0. The quantitative estimate of drug-likeness (QED) is 0.882. The van der Waals surface area contributed by atoms with Gasteiger partial charge in [-0.3, -0.25) is 4.79 Å². The number of carbonyl (C=O) groups excluding carboxylic acids is 1. The highest BCUT2D eigenvalue weighted by molar-refractivity contribution is 6.35. The highest BCUT2D eigenvalue weighted by Gasteiger charge is 2.07. The molecule has 3 nitrogen and oxygen atoms in total. The summed E-state index contributed by atoms with van der Waals surface area (Å²) in [7, 11) is 0. The van der Waals surface area contributed by atoms with Crippen molar-refractivity contribution in [2.75, 3.05) is 6.61 Å². The van der Waals surface area contributed by atoms with E-state index in [1.165, 1.54) is 0 Å². The van der Waals surface area contributed by atoms with Gasteiger partial charge >= 0.3 is 0 Å². The predicted molar refractivity (Wildman–Crippen MR) is 89.7 cm³/mol. The Morgan fingerprint density at radius 3 is 2.68 bits per heavy atom. The molecule has 0 aliphatic carbocycles. The van der Waals surface area contributed by atoms with Crippen molar-refractivity contribution in [3.8, 4) is 5.75 Å². The second kappa shape index (κ2) is 7.52. The molecule has 0 atom stereocenters. The van der Waals surface area contributed by atoms with E-state index in [1.54, 1.807) is 18.2 Å². The Morgan fingerprint density at radius 2 is 1.95 bits per heavy atom. The Labute approximate surface area is 140 Å². The molecular formula is C17H17Cl2NO2. The summed E-state index contributed by atoms with van der Waals surface area (Å²) >= 11 is 11.9. The van der Waals surface area contributed by atoms with Gasteiger partial charge in [0, 0.05) is 16.6 Å². The number of aryl methyl sites for hydroxylation is 1. The van der Waals surface area contributed by atoms with Crippen LogP contribution in [-0.2, 0) is 11.3 Å². The summed E-state index contributed by atoms with van der Waals surface area (Å²) in [5.74, 6) is 0.520. The first kappa shape index (κ1) is 16.7. The number of amides is 1. The van der Waals surface area contributed by atoms with Crippen LogP contribution in [-0.4, -0.2) is 12.5 Å². The Bertz CT molecular complexity index is 686. The monoisotopic (exact) mass is 337 g/mol. The lowest BCUT2D eigenvalue weighted by Crippen LogP contribution is -2.28. The lowest BCUT2D eigenvalue weighted by Gasteiger charge is -2.11. The van der Waals surface area contributed by atoms with Gasteiger partial charge in [0.2, 0.25) is 0 Å². The Hall–Kier alpha value is -1.71. The van der Waals surface area contributed by atoms with Crippen LogP contribution >= 0.6 is 23.2 Å². The average molecular weight is 338 g/mol. The minimum absolute atomic E-state index is 0.0322. The van der Waals surface area contributed by atoms with Crippen molar-refractivity contribution in [1.29, 1.82) is 0 Å². The summed E-state index contributed by atoms with van der Waals surface area (Å²) in [6.45, 7) is 4.28. The van der Waals surface area contributed by atoms with Crippen molar-refractivity contribution in [2.24, 2.45) is 0 Å². The summed E-state index contributed by atoms with van der Waals surface area (Å²) < 4.78 is 5.55. The van der Waals surface area contributed by atoms with Crippen LogP contribution in [0.2, 0.25) is 10.0 Å². The largest absolute Gasteiger partial charge is 0.483 e. The fourth-order valence-electron chi connectivity index (χ4n) is 1.93. The number of ether oxygens (including phenoxy) is 1. The summed E-state index contributed by atoms with van der Waals surface area (Å²) in [5.41, 5.74) is 2.98. The summed E-state index contributed by atoms with van der Waals surface area (Å²) in [6.07, 6.45) is 0. The molecule has 2 aromatic carbocycles. The van der Waals surface area contributed by atoms with Crippen LogP contribution in [0.25, 0.3) is 0 Å². The Morgan fingerprint density at radius 1 is 1.18 bits per heavy atom. The van der Waals surface area contributed by atoms with Gasteiger partial charge in [-0.15, -0.1) is 0 Å². The van der Waals surface area contributed by atoms with Gasteiger partial charge in [-0.1, -0.05) is 41.4 Å². The molecule has 0 radical (unpaired) electrons. The second-order valence-electron chi connectivity index (χ2n) is 5.00. The summed E-state index contributed by atoms with van der Waals surface area (Å²) in [6, 6.07) is 10.9. The van der Waals surface area contributed by atoms with Crippen molar-refractivity contribution in [1.82, 2.24) is 5.32 Å². The molecule has 0 unspecified atom stereocenters. The smallest absolute Gasteiger partial charge is 0.258 e. The molecule has 0 spiro atoms. The Kier molecular flexibility index (Phi) is 5.69. The summed E-state index contributed by atoms with van der Waals surface area (Å²) in [4.78, 5) is 11.9. The SMILES string of the molecule is Cc1cccc(OCC(=O)NCc2ccc(Cl)cc2Cl)c1C. The predicted octanol–water partition coefficient (Wildman–Crippen LogP) is 4.31. The zero-order valence-electron chi connectivity index (χ0n) is 12.5. The molecule has 22 heavy (non-hydrogen) atoms. The third-order valence-electron chi connectivity index (χ3n) is 3.40. The van der Waals surface area contributed by atoms with Gasteiger partial charge in [0.05, 0.1) is 0 Å². The van der Waals surface area contributed by atoms with Gasteiger partial charge in [0.15, 0.2) is 6.61 Å². The molecule has 0 aliphatic heterocycles. The maximum atomic E-state index is 11.9. The highest BCUT2D eigenvalue weighted by Crippen LogP contribution is 2.21. The van der Waals surface area contributed by atoms with Crippen LogP contribution in [0.4, 0.5) is 0 Å². The van der Waals surface area contributed by atoms with E-state index in [4.69, 9.17) is 27.9 Å². The van der Waals surface area contributed by atoms with Crippen LogP contribution in [0, 0.1) is 13.8 Å². The number of rotatable bonds is 5. The lowest BCUT2D eigenvalue weighted by molar-refractivity contribution is -0.123. The lowest BCUT2D eigenvalue weighted by atomic mass is 10.1. The standard InChI is InChI=1S/C17H17Cl2NO2/c1-11-4-3-5-16(12(11)2)22-10-17(21)20-9-13-6-7-14(18)8-15(13)19/h3-8H,9-10H2,1-2H3,(H,20,21). The molecule has 0 aliphatic rings. The van der Waals surface area contributed by atoms with Gasteiger partial charge in [-0.25, -0.2) is 0 Å². The minimum atomic E-state index is -0.202. The molecule has 0 heterocycles. The number of carbonyl (C=O) groups is 1. The minimum Gasteiger partial charge on any atom is -0.483 e. The van der Waals surface area contributed by atoms with Crippen LogP contribution < -0.4 is 10.1 Å². The number of benzene rings is 2. The average Bonchev–Trinajstić information content (AvgIpc) is 2.48. The molecule has 2 rings (SSSR count). The van der Waals surface area contributed by atoms with Gasteiger partial charge in [0.1, 0.15) is 5.75 Å². The van der Waals surface area contributed by atoms with Crippen molar-refractivity contribution < 1.29 is 9.53 Å². The van der Waals surface area contributed by atoms with Crippen molar-refractivity contribution >= 4 is 29.1 Å². The first-order valence-corrected chi connectivity index (χ1v) is 7.62. The van der Waals surface area contributed by atoms with Crippen LogP contribution in [0.1, 0.15) is 16.7 Å². The van der Waals surface area contributed by atoms with Crippen LogP contribution in [0.5, 0.6) is 5.75 Å². The van der Waals surface area contributed by atoms with E-state index in [2.05, 4.69) is 5.32 Å². The first-order chi connectivity index (χ1) is 10.5. The van der Waals surface area contributed by atoms with Crippen molar-refractivity contribution in [3.05, 3.63) is 63.1 Å². The topological polar surface area (TPSA) is 38.3 Å². The molecule has 0 saturated carbocycles. The van der Waals surface area contributed by atoms with E-state index >= 15 is 0 Å². The third kappa shape index (κ3) is 4.39. The maximum absolute atomic E-state index is 11.9.